The number of nitrogens with zero attached hydrogens (tertiary/aromatic N) is 2. The van der Waals surface area contributed by atoms with Crippen LogP contribution in [0.15, 0.2) is 18.2 Å². The molecule has 3 rings (SSSR count). The first-order valence-electron chi connectivity index (χ1n) is 10.3. The molecule has 4 nitrogen and oxygen atoms in total. The van der Waals surface area contributed by atoms with E-state index in [1.54, 1.807) is 0 Å². The number of piperidine rings is 1. The van der Waals surface area contributed by atoms with E-state index in [-0.39, 0.29) is 11.6 Å². The fourth-order valence-corrected chi connectivity index (χ4v) is 5.02. The number of hydrogen-bond donors (Lipinski definition) is 1. The molecular weight excluding hydrogens is 322 g/mol. The molecule has 0 radical (unpaired) electrons. The highest BCUT2D eigenvalue weighted by atomic mass is 16.2. The van der Waals surface area contributed by atoms with Crippen molar-refractivity contribution in [2.75, 3.05) is 25.0 Å². The molecule has 4 heteroatoms. The van der Waals surface area contributed by atoms with Crippen molar-refractivity contribution >= 4 is 11.7 Å². The monoisotopic (exact) mass is 357 g/mol. The van der Waals surface area contributed by atoms with Crippen molar-refractivity contribution in [2.45, 2.75) is 70.8 Å². The number of benzene rings is 1. The molecule has 1 fully saturated rings. The Balaban J connectivity index is 2.01. The fourth-order valence-electron chi connectivity index (χ4n) is 5.02. The lowest BCUT2D eigenvalue weighted by Gasteiger charge is -2.49. The molecule has 2 aliphatic heterocycles. The van der Waals surface area contributed by atoms with Crippen LogP contribution in [0.5, 0.6) is 0 Å². The van der Waals surface area contributed by atoms with Crippen molar-refractivity contribution in [3.05, 3.63) is 29.3 Å². The minimum absolute atomic E-state index is 0.237. The van der Waals surface area contributed by atoms with Crippen LogP contribution < -0.4 is 10.6 Å². The Hall–Kier alpha value is -1.55. The number of primary amides is 1. The summed E-state index contributed by atoms with van der Waals surface area (Å²) in [6.07, 6.45) is 7.00. The van der Waals surface area contributed by atoms with E-state index in [0.29, 0.717) is 11.8 Å². The summed E-state index contributed by atoms with van der Waals surface area (Å²) >= 11 is 0. The second kappa shape index (κ2) is 7.59. The topological polar surface area (TPSA) is 49.6 Å². The maximum atomic E-state index is 12.4. The predicted octanol–water partition coefficient (Wildman–Crippen LogP) is 4.52. The summed E-state index contributed by atoms with van der Waals surface area (Å²) < 4.78 is 0. The number of unbranched alkanes of at least 4 members (excludes halogenated alkanes) is 1. The van der Waals surface area contributed by atoms with Gasteiger partial charge in [-0.25, -0.2) is 4.79 Å². The highest BCUT2D eigenvalue weighted by Crippen LogP contribution is 2.45. The van der Waals surface area contributed by atoms with Crippen LogP contribution in [-0.4, -0.2) is 36.6 Å². The van der Waals surface area contributed by atoms with Gasteiger partial charge in [0.1, 0.15) is 0 Å². The Morgan fingerprint density at radius 2 is 1.96 bits per heavy atom. The van der Waals surface area contributed by atoms with E-state index in [0.717, 1.165) is 31.6 Å². The van der Waals surface area contributed by atoms with Crippen LogP contribution in [0, 0.1) is 5.92 Å². The van der Waals surface area contributed by atoms with Gasteiger partial charge in [0.2, 0.25) is 0 Å². The third-order valence-corrected chi connectivity index (χ3v) is 6.74. The van der Waals surface area contributed by atoms with Gasteiger partial charge in [-0.3, -0.25) is 4.90 Å². The van der Waals surface area contributed by atoms with Gasteiger partial charge in [0, 0.05) is 11.2 Å². The number of fused-ring (bicyclic) bond motifs is 1. The van der Waals surface area contributed by atoms with Crippen LogP contribution in [0.1, 0.15) is 69.9 Å². The number of nitrogens with two attached hydrogens (primary N) is 1. The van der Waals surface area contributed by atoms with Gasteiger partial charge in [0.25, 0.3) is 0 Å². The van der Waals surface area contributed by atoms with Gasteiger partial charge in [0.15, 0.2) is 0 Å². The molecule has 0 aromatic heterocycles. The molecular formula is C22H35N3O. The number of carbonyl (C=O) groups excluding carboxylic acids is 1. The van der Waals surface area contributed by atoms with Gasteiger partial charge >= 0.3 is 6.03 Å². The largest absolute Gasteiger partial charge is 0.351 e. The van der Waals surface area contributed by atoms with Crippen molar-refractivity contribution in [2.24, 2.45) is 11.7 Å². The van der Waals surface area contributed by atoms with Crippen molar-refractivity contribution in [3.8, 4) is 0 Å². The molecule has 1 unspecified atom stereocenters. The molecule has 1 aromatic rings. The van der Waals surface area contributed by atoms with Gasteiger partial charge < -0.3 is 10.6 Å². The molecule has 1 saturated heterocycles. The highest BCUT2D eigenvalue weighted by Gasteiger charge is 2.44. The maximum absolute atomic E-state index is 12.4. The van der Waals surface area contributed by atoms with Crippen LogP contribution in [-0.2, 0) is 6.42 Å². The van der Waals surface area contributed by atoms with Crippen molar-refractivity contribution in [3.63, 3.8) is 0 Å². The van der Waals surface area contributed by atoms with E-state index in [1.807, 2.05) is 4.90 Å². The van der Waals surface area contributed by atoms with E-state index in [2.05, 4.69) is 50.9 Å². The predicted molar refractivity (Wildman–Crippen MR) is 109 cm³/mol. The lowest BCUT2D eigenvalue weighted by molar-refractivity contribution is 0.224. The first-order chi connectivity index (χ1) is 12.4. The molecule has 0 aliphatic carbocycles. The molecule has 1 aromatic carbocycles. The van der Waals surface area contributed by atoms with Gasteiger partial charge in [-0.15, -0.1) is 0 Å². The number of likely N-dealkylation sites (tertiary alicyclic amines) is 1. The average Bonchev–Trinajstić information content (AvgIpc) is 2.59. The number of rotatable bonds is 4. The summed E-state index contributed by atoms with van der Waals surface area (Å²) in [5, 5.41) is 0. The molecule has 0 spiro atoms. The summed E-state index contributed by atoms with van der Waals surface area (Å²) in [4.78, 5) is 16.7. The standard InChI is InChI=1S/C22H35N3O/c1-5-6-8-17-15-19-18(16-11-13-24(4)14-12-16)9-7-10-20(19)25(21(23)26)22(17,2)3/h7,9-10,16-17H,5-6,8,11-15H2,1-4H3,(H2,23,26). The van der Waals surface area contributed by atoms with Crippen LogP contribution in [0.3, 0.4) is 0 Å². The van der Waals surface area contributed by atoms with Crippen molar-refractivity contribution < 1.29 is 4.79 Å². The summed E-state index contributed by atoms with van der Waals surface area (Å²) in [5.41, 5.74) is 9.52. The molecule has 2 amide bonds. The maximum Gasteiger partial charge on any atom is 0.319 e. The SMILES string of the molecule is CCCCC1Cc2c(C3CCN(C)CC3)cccc2N(C(N)=O)C1(C)C. The van der Waals surface area contributed by atoms with E-state index < -0.39 is 0 Å². The third-order valence-electron chi connectivity index (χ3n) is 6.74. The molecule has 1 atom stereocenters. The Kier molecular flexibility index (Phi) is 5.61. The zero-order valence-corrected chi connectivity index (χ0v) is 16.9. The number of urea groups is 1. The lowest BCUT2D eigenvalue weighted by atomic mass is 9.72. The number of amides is 2. The minimum Gasteiger partial charge on any atom is -0.351 e. The average molecular weight is 358 g/mol. The molecule has 2 N–H and O–H groups in total. The van der Waals surface area contributed by atoms with Crippen LogP contribution in [0.2, 0.25) is 0 Å². The molecule has 2 aliphatic rings. The minimum atomic E-state index is -0.321. The second-order valence-corrected chi connectivity index (χ2v) is 8.79. The first kappa shape index (κ1) is 19.2. The molecule has 26 heavy (non-hydrogen) atoms. The Morgan fingerprint density at radius 3 is 2.58 bits per heavy atom. The molecule has 0 saturated carbocycles. The smallest absolute Gasteiger partial charge is 0.319 e. The number of carbonyl (C=O) groups is 1. The van der Waals surface area contributed by atoms with Crippen molar-refractivity contribution in [1.29, 1.82) is 0 Å². The Morgan fingerprint density at radius 1 is 1.27 bits per heavy atom. The molecule has 144 valence electrons. The number of anilines is 1. The lowest BCUT2D eigenvalue weighted by Crippen LogP contribution is -2.58. The Bertz CT molecular complexity index is 647. The van der Waals surface area contributed by atoms with Gasteiger partial charge in [-0.1, -0.05) is 31.9 Å². The van der Waals surface area contributed by atoms with Gasteiger partial charge in [0.05, 0.1) is 0 Å². The van der Waals surface area contributed by atoms with Crippen LogP contribution >= 0.6 is 0 Å². The zero-order chi connectivity index (χ0) is 18.9. The van der Waals surface area contributed by atoms with Gasteiger partial charge in [-0.2, -0.15) is 0 Å². The van der Waals surface area contributed by atoms with E-state index in [1.165, 1.54) is 36.8 Å². The molecule has 2 heterocycles. The van der Waals surface area contributed by atoms with Crippen LogP contribution in [0.25, 0.3) is 0 Å². The number of hydrogen-bond acceptors (Lipinski definition) is 2. The van der Waals surface area contributed by atoms with Crippen molar-refractivity contribution in [1.82, 2.24) is 4.90 Å². The first-order valence-corrected chi connectivity index (χ1v) is 10.3. The van der Waals surface area contributed by atoms with E-state index in [9.17, 15) is 4.79 Å². The fraction of sp³-hybridized carbons (Fsp3) is 0.682. The van der Waals surface area contributed by atoms with E-state index >= 15 is 0 Å². The normalized spacial score (nSPS) is 23.7. The highest BCUT2D eigenvalue weighted by molar-refractivity contribution is 5.94. The Labute approximate surface area is 158 Å². The summed E-state index contributed by atoms with van der Waals surface area (Å²) in [5.74, 6) is 1.05. The van der Waals surface area contributed by atoms with Crippen LogP contribution in [0.4, 0.5) is 10.5 Å². The summed E-state index contributed by atoms with van der Waals surface area (Å²) in [6, 6.07) is 6.18. The third kappa shape index (κ3) is 3.48. The summed E-state index contributed by atoms with van der Waals surface area (Å²) in [6.45, 7) is 8.91. The molecule has 0 bridgehead atoms. The zero-order valence-electron chi connectivity index (χ0n) is 16.9. The summed E-state index contributed by atoms with van der Waals surface area (Å²) in [7, 11) is 2.20. The quantitative estimate of drug-likeness (QED) is 0.861. The second-order valence-electron chi connectivity index (χ2n) is 8.79. The van der Waals surface area contributed by atoms with Gasteiger partial charge in [-0.05, 0) is 88.7 Å². The van der Waals surface area contributed by atoms with E-state index in [4.69, 9.17) is 5.73 Å².